The first-order valence-electron chi connectivity index (χ1n) is 7.52. The highest BCUT2D eigenvalue weighted by molar-refractivity contribution is 8.06. The summed E-state index contributed by atoms with van der Waals surface area (Å²) >= 11 is 4.05. The molecule has 5 heteroatoms. The number of nitrogens with one attached hydrogen (secondary N) is 1. The Morgan fingerprint density at radius 3 is 2.35 bits per heavy atom. The first-order chi connectivity index (χ1) is 9.80. The minimum atomic E-state index is 0.489. The quantitative estimate of drug-likeness (QED) is 0.874. The third-order valence-electron chi connectivity index (χ3n) is 3.59. The summed E-state index contributed by atoms with van der Waals surface area (Å²) in [7, 11) is 2.00. The molecule has 1 atom stereocenters. The molecular weight excluding hydrogens is 286 g/mol. The lowest BCUT2D eigenvalue weighted by Gasteiger charge is -2.22. The van der Waals surface area contributed by atoms with Crippen LogP contribution >= 0.6 is 23.5 Å². The molecule has 1 aliphatic heterocycles. The van der Waals surface area contributed by atoms with Crippen molar-refractivity contribution in [1.82, 2.24) is 15.3 Å². The minimum absolute atomic E-state index is 0.489. The van der Waals surface area contributed by atoms with Gasteiger partial charge in [0.1, 0.15) is 5.82 Å². The Balaban J connectivity index is 2.30. The molecule has 1 saturated heterocycles. The first-order valence-corrected chi connectivity index (χ1v) is 9.72. The Morgan fingerprint density at radius 2 is 1.85 bits per heavy atom. The van der Waals surface area contributed by atoms with Crippen LogP contribution in [0.1, 0.15) is 41.9 Å². The van der Waals surface area contributed by atoms with E-state index in [2.05, 4.69) is 19.2 Å². The summed E-state index contributed by atoms with van der Waals surface area (Å²) in [5.74, 6) is 4.72. The van der Waals surface area contributed by atoms with E-state index in [0.717, 1.165) is 37.4 Å². The molecule has 0 saturated carbocycles. The van der Waals surface area contributed by atoms with Crippen LogP contribution in [0.5, 0.6) is 0 Å². The van der Waals surface area contributed by atoms with Crippen molar-refractivity contribution in [3.63, 3.8) is 0 Å². The summed E-state index contributed by atoms with van der Waals surface area (Å²) in [5.41, 5.74) is 3.90. The number of thioether (sulfide) groups is 2. The lowest BCUT2D eigenvalue weighted by molar-refractivity contribution is 0.744. The second-order valence-corrected chi connectivity index (χ2v) is 7.41. The standard InChI is InChI=1S/C15H25N3S2/c1-4-12-11(6-7-16-3)13(5-2)18-15(17-12)14-10-19-8-9-20-14/h14,16H,4-10H2,1-3H3. The molecule has 0 spiro atoms. The van der Waals surface area contributed by atoms with E-state index < -0.39 is 0 Å². The van der Waals surface area contributed by atoms with E-state index in [1.165, 1.54) is 28.5 Å². The fourth-order valence-corrected chi connectivity index (χ4v) is 5.11. The molecule has 0 aliphatic carbocycles. The average Bonchev–Trinajstić information content (AvgIpc) is 2.52. The van der Waals surface area contributed by atoms with Gasteiger partial charge in [-0.25, -0.2) is 9.97 Å². The van der Waals surface area contributed by atoms with E-state index in [-0.39, 0.29) is 0 Å². The van der Waals surface area contributed by atoms with Gasteiger partial charge in [-0.1, -0.05) is 13.8 Å². The molecule has 2 heterocycles. The van der Waals surface area contributed by atoms with Crippen molar-refractivity contribution in [1.29, 1.82) is 0 Å². The normalized spacial score (nSPS) is 19.2. The number of aromatic nitrogens is 2. The van der Waals surface area contributed by atoms with Crippen LogP contribution in [0.4, 0.5) is 0 Å². The van der Waals surface area contributed by atoms with Crippen molar-refractivity contribution < 1.29 is 0 Å². The van der Waals surface area contributed by atoms with E-state index in [1.54, 1.807) is 0 Å². The molecule has 0 bridgehead atoms. The first kappa shape index (κ1) is 16.1. The lowest BCUT2D eigenvalue weighted by Crippen LogP contribution is -2.18. The van der Waals surface area contributed by atoms with Crippen LogP contribution < -0.4 is 5.32 Å². The molecule has 3 nitrogen and oxygen atoms in total. The Morgan fingerprint density at radius 1 is 1.15 bits per heavy atom. The SMILES string of the molecule is CCc1nc(C2CSCCS2)nc(CC)c1CCNC. The number of hydrogen-bond acceptors (Lipinski definition) is 5. The number of aryl methyl sites for hydroxylation is 2. The molecule has 1 aliphatic rings. The fourth-order valence-electron chi connectivity index (χ4n) is 2.51. The van der Waals surface area contributed by atoms with Gasteiger partial charge in [0.2, 0.25) is 0 Å². The zero-order valence-electron chi connectivity index (χ0n) is 12.7. The lowest BCUT2D eigenvalue weighted by atomic mass is 10.0. The molecule has 1 fully saturated rings. The Bertz CT molecular complexity index is 406. The van der Waals surface area contributed by atoms with Crippen molar-refractivity contribution in [2.45, 2.75) is 38.4 Å². The highest BCUT2D eigenvalue weighted by Crippen LogP contribution is 2.35. The van der Waals surface area contributed by atoms with Gasteiger partial charge in [0.25, 0.3) is 0 Å². The van der Waals surface area contributed by atoms with E-state index in [4.69, 9.17) is 9.97 Å². The van der Waals surface area contributed by atoms with Crippen LogP contribution in [0.25, 0.3) is 0 Å². The van der Waals surface area contributed by atoms with Crippen molar-refractivity contribution in [3.8, 4) is 0 Å². The highest BCUT2D eigenvalue weighted by Gasteiger charge is 2.21. The van der Waals surface area contributed by atoms with Crippen LogP contribution in [-0.4, -0.2) is 40.8 Å². The monoisotopic (exact) mass is 311 g/mol. The zero-order valence-corrected chi connectivity index (χ0v) is 14.4. The summed E-state index contributed by atoms with van der Waals surface area (Å²) < 4.78 is 0. The number of likely N-dealkylation sites (N-methyl/N-ethyl adjacent to an activating group) is 1. The molecule has 2 rings (SSSR count). The third kappa shape index (κ3) is 3.89. The maximum Gasteiger partial charge on any atom is 0.142 e. The van der Waals surface area contributed by atoms with Crippen LogP contribution in [0.3, 0.4) is 0 Å². The third-order valence-corrected chi connectivity index (χ3v) is 6.35. The topological polar surface area (TPSA) is 37.8 Å². The van der Waals surface area contributed by atoms with Crippen molar-refractivity contribution in [3.05, 3.63) is 22.8 Å². The van der Waals surface area contributed by atoms with Gasteiger partial charge in [0.15, 0.2) is 0 Å². The second-order valence-electron chi connectivity index (χ2n) is 4.95. The molecule has 0 amide bonds. The van der Waals surface area contributed by atoms with Crippen molar-refractivity contribution in [2.24, 2.45) is 0 Å². The fraction of sp³-hybridized carbons (Fsp3) is 0.733. The van der Waals surface area contributed by atoms with E-state index in [9.17, 15) is 0 Å². The number of nitrogens with zero attached hydrogens (tertiary/aromatic N) is 2. The van der Waals surface area contributed by atoms with Crippen molar-refractivity contribution in [2.75, 3.05) is 30.9 Å². The minimum Gasteiger partial charge on any atom is -0.319 e. The molecular formula is C15H25N3S2. The molecule has 1 unspecified atom stereocenters. The molecule has 1 aromatic rings. The van der Waals surface area contributed by atoms with Gasteiger partial charge >= 0.3 is 0 Å². The predicted molar refractivity (Wildman–Crippen MR) is 90.9 cm³/mol. The Labute approximate surface area is 131 Å². The van der Waals surface area contributed by atoms with Gasteiger partial charge in [0.05, 0.1) is 5.25 Å². The van der Waals surface area contributed by atoms with Gasteiger partial charge < -0.3 is 5.32 Å². The number of hydrogen-bond donors (Lipinski definition) is 1. The Kier molecular flexibility index (Phi) is 6.65. The largest absolute Gasteiger partial charge is 0.319 e. The molecule has 112 valence electrons. The highest BCUT2D eigenvalue weighted by atomic mass is 32.2. The van der Waals surface area contributed by atoms with Gasteiger partial charge in [-0.15, -0.1) is 11.8 Å². The maximum absolute atomic E-state index is 4.90. The molecule has 1 aromatic heterocycles. The van der Waals surface area contributed by atoms with Gasteiger partial charge in [-0.05, 0) is 38.4 Å². The van der Waals surface area contributed by atoms with Crippen LogP contribution in [0, 0.1) is 0 Å². The molecule has 0 aromatic carbocycles. The van der Waals surface area contributed by atoms with Gasteiger partial charge in [-0.3, -0.25) is 0 Å². The summed E-state index contributed by atoms with van der Waals surface area (Å²) in [4.78, 5) is 9.81. The maximum atomic E-state index is 4.90. The van der Waals surface area contributed by atoms with Gasteiger partial charge in [-0.2, -0.15) is 11.8 Å². The summed E-state index contributed by atoms with van der Waals surface area (Å²) in [6.45, 7) is 5.41. The molecule has 0 radical (unpaired) electrons. The van der Waals surface area contributed by atoms with E-state index >= 15 is 0 Å². The van der Waals surface area contributed by atoms with Crippen LogP contribution in [0.15, 0.2) is 0 Å². The zero-order chi connectivity index (χ0) is 14.4. The molecule has 1 N–H and O–H groups in total. The van der Waals surface area contributed by atoms with Gasteiger partial charge in [0, 0.05) is 28.6 Å². The summed E-state index contributed by atoms with van der Waals surface area (Å²) in [5, 5.41) is 3.72. The second kappa shape index (κ2) is 8.25. The van der Waals surface area contributed by atoms with Crippen LogP contribution in [0.2, 0.25) is 0 Å². The van der Waals surface area contributed by atoms with E-state index in [1.807, 2.05) is 30.6 Å². The average molecular weight is 312 g/mol. The smallest absolute Gasteiger partial charge is 0.142 e. The molecule has 20 heavy (non-hydrogen) atoms. The van der Waals surface area contributed by atoms with Crippen molar-refractivity contribution >= 4 is 23.5 Å². The summed E-state index contributed by atoms with van der Waals surface area (Å²) in [6.07, 6.45) is 3.05. The number of rotatable bonds is 6. The Hall–Kier alpha value is -0.260. The van der Waals surface area contributed by atoms with E-state index in [0.29, 0.717) is 5.25 Å². The van der Waals surface area contributed by atoms with Crippen LogP contribution in [-0.2, 0) is 19.3 Å². The summed E-state index contributed by atoms with van der Waals surface area (Å²) in [6, 6.07) is 0. The predicted octanol–water partition coefficient (Wildman–Crippen LogP) is 2.88.